The van der Waals surface area contributed by atoms with Crippen LogP contribution in [0.4, 0.5) is 0 Å². The normalized spacial score (nSPS) is 33.8. The first-order valence-corrected chi connectivity index (χ1v) is 6.70. The van der Waals surface area contributed by atoms with Gasteiger partial charge in [-0.25, -0.2) is 0 Å². The molecule has 0 atom stereocenters. The molecule has 2 aliphatic rings. The topological polar surface area (TPSA) is 36.4 Å². The Morgan fingerprint density at radius 3 is 2.69 bits per heavy atom. The van der Waals surface area contributed by atoms with E-state index in [0.717, 1.165) is 37.1 Å². The largest absolute Gasteiger partial charge is 0.384 e. The first-order chi connectivity index (χ1) is 7.78. The van der Waals surface area contributed by atoms with E-state index in [2.05, 4.69) is 22.2 Å². The average molecular weight is 236 g/mol. The lowest BCUT2D eigenvalue weighted by Gasteiger charge is -2.42. The Bertz CT molecular complexity index is 380. The van der Waals surface area contributed by atoms with E-state index in [0.29, 0.717) is 6.04 Å². The summed E-state index contributed by atoms with van der Waals surface area (Å²) in [6.45, 7) is 1.09. The first-order valence-electron chi connectivity index (χ1n) is 5.82. The molecular weight excluding hydrogens is 220 g/mol. The summed E-state index contributed by atoms with van der Waals surface area (Å²) in [6, 6.07) is 0.637. The zero-order valence-electron chi connectivity index (χ0n) is 9.17. The van der Waals surface area contributed by atoms with Crippen molar-refractivity contribution in [2.75, 3.05) is 6.54 Å². The Morgan fingerprint density at radius 2 is 2.19 bits per heavy atom. The molecule has 0 bridgehead atoms. The second kappa shape index (κ2) is 3.86. The zero-order valence-corrected chi connectivity index (χ0v) is 9.99. The monoisotopic (exact) mass is 236 g/mol. The molecule has 3 nitrogen and oxygen atoms in total. The van der Waals surface area contributed by atoms with Crippen LogP contribution in [0, 0.1) is 0 Å². The summed E-state index contributed by atoms with van der Waals surface area (Å²) in [5.74, 6) is 0. The van der Waals surface area contributed by atoms with Gasteiger partial charge in [-0.15, -0.1) is 11.3 Å². The van der Waals surface area contributed by atoms with Crippen molar-refractivity contribution in [3.63, 3.8) is 0 Å². The molecule has 1 fully saturated rings. The Hall–Kier alpha value is -0.870. The van der Waals surface area contributed by atoms with E-state index >= 15 is 0 Å². The molecule has 0 saturated heterocycles. The molecule has 0 unspecified atom stereocenters. The summed E-state index contributed by atoms with van der Waals surface area (Å²) >= 11 is 1.57. The molecule has 1 aliphatic heterocycles. The second-order valence-corrected chi connectivity index (χ2v) is 5.60. The molecule has 1 aliphatic carbocycles. The van der Waals surface area contributed by atoms with Gasteiger partial charge in [0.05, 0.1) is 10.4 Å². The number of hydrogen-bond donors (Lipinski definition) is 1. The molecular formula is C12H16N2OS. The molecule has 16 heavy (non-hydrogen) atoms. The van der Waals surface area contributed by atoms with E-state index in [-0.39, 0.29) is 0 Å². The number of rotatable bonds is 2. The van der Waals surface area contributed by atoms with Crippen molar-refractivity contribution in [2.45, 2.75) is 37.3 Å². The zero-order chi connectivity index (χ0) is 11.0. The number of aliphatic hydroxyl groups is 1. The fourth-order valence-corrected chi connectivity index (χ4v) is 3.38. The molecule has 1 saturated carbocycles. The summed E-state index contributed by atoms with van der Waals surface area (Å²) in [5.41, 5.74) is 1.20. The van der Waals surface area contributed by atoms with Crippen LogP contribution in [0.25, 0.3) is 0 Å². The molecule has 2 heterocycles. The van der Waals surface area contributed by atoms with E-state index in [1.165, 1.54) is 0 Å². The molecule has 0 amide bonds. The van der Waals surface area contributed by atoms with Gasteiger partial charge in [0.15, 0.2) is 0 Å². The van der Waals surface area contributed by atoms with Crippen LogP contribution < -0.4 is 0 Å². The molecule has 0 aromatic carbocycles. The SMILES string of the molecule is OC1(c2cncs2)CCC(N2C=CC2)CC1. The van der Waals surface area contributed by atoms with Gasteiger partial charge in [0.25, 0.3) is 0 Å². The van der Waals surface area contributed by atoms with E-state index in [1.54, 1.807) is 16.8 Å². The lowest BCUT2D eigenvalue weighted by molar-refractivity contribution is -0.0170. The van der Waals surface area contributed by atoms with Crippen molar-refractivity contribution in [2.24, 2.45) is 0 Å². The molecule has 1 N–H and O–H groups in total. The minimum absolute atomic E-state index is 0.605. The van der Waals surface area contributed by atoms with Crippen LogP contribution in [0.1, 0.15) is 30.6 Å². The maximum atomic E-state index is 10.6. The summed E-state index contributed by atoms with van der Waals surface area (Å²) in [7, 11) is 0. The number of hydrogen-bond acceptors (Lipinski definition) is 4. The van der Waals surface area contributed by atoms with Gasteiger partial charge in [-0.3, -0.25) is 4.98 Å². The van der Waals surface area contributed by atoms with Gasteiger partial charge in [0, 0.05) is 18.8 Å². The maximum absolute atomic E-state index is 10.6. The highest BCUT2D eigenvalue weighted by atomic mass is 32.1. The molecule has 0 radical (unpaired) electrons. The third-order valence-electron chi connectivity index (χ3n) is 3.76. The van der Waals surface area contributed by atoms with Crippen molar-refractivity contribution in [1.82, 2.24) is 9.88 Å². The highest BCUT2D eigenvalue weighted by molar-refractivity contribution is 7.09. The van der Waals surface area contributed by atoms with Gasteiger partial charge in [0.2, 0.25) is 0 Å². The summed E-state index contributed by atoms with van der Waals surface area (Å²) in [5, 5.41) is 10.6. The van der Waals surface area contributed by atoms with Crippen molar-refractivity contribution < 1.29 is 5.11 Å². The van der Waals surface area contributed by atoms with Crippen LogP contribution in [-0.4, -0.2) is 27.6 Å². The summed E-state index contributed by atoms with van der Waals surface area (Å²) in [4.78, 5) is 7.47. The van der Waals surface area contributed by atoms with Gasteiger partial charge in [0.1, 0.15) is 5.60 Å². The molecule has 3 rings (SSSR count). The Labute approximate surface area is 99.4 Å². The molecule has 86 valence electrons. The van der Waals surface area contributed by atoms with Crippen LogP contribution in [0.15, 0.2) is 24.0 Å². The minimum Gasteiger partial charge on any atom is -0.384 e. The molecule has 0 spiro atoms. The highest BCUT2D eigenvalue weighted by Gasteiger charge is 2.37. The fraction of sp³-hybridized carbons (Fsp3) is 0.583. The predicted octanol–water partition coefficient (Wildman–Crippen LogP) is 2.10. The van der Waals surface area contributed by atoms with Crippen molar-refractivity contribution in [1.29, 1.82) is 0 Å². The van der Waals surface area contributed by atoms with E-state index in [4.69, 9.17) is 0 Å². The van der Waals surface area contributed by atoms with Gasteiger partial charge in [-0.1, -0.05) is 0 Å². The third kappa shape index (κ3) is 1.66. The Kier molecular flexibility index (Phi) is 2.48. The Balaban J connectivity index is 1.67. The van der Waals surface area contributed by atoms with Crippen molar-refractivity contribution >= 4 is 11.3 Å². The van der Waals surface area contributed by atoms with E-state index < -0.39 is 5.60 Å². The summed E-state index contributed by atoms with van der Waals surface area (Å²) < 4.78 is 0. The third-order valence-corrected chi connectivity index (χ3v) is 4.72. The predicted molar refractivity (Wildman–Crippen MR) is 64.1 cm³/mol. The minimum atomic E-state index is -0.605. The van der Waals surface area contributed by atoms with Crippen LogP contribution in [0.3, 0.4) is 0 Å². The number of nitrogens with zero attached hydrogens (tertiary/aromatic N) is 2. The van der Waals surface area contributed by atoms with Crippen molar-refractivity contribution in [3.8, 4) is 0 Å². The Morgan fingerprint density at radius 1 is 1.44 bits per heavy atom. The lowest BCUT2D eigenvalue weighted by Crippen LogP contribution is -2.42. The number of aromatic nitrogens is 1. The van der Waals surface area contributed by atoms with Gasteiger partial charge < -0.3 is 10.0 Å². The standard InChI is InChI=1S/C12H16N2OS/c15-12(11-8-13-9-16-11)4-2-10(3-5-12)14-6-1-7-14/h1,6,8-10,15H,2-5,7H2. The maximum Gasteiger partial charge on any atom is 0.100 e. The molecule has 1 aromatic rings. The highest BCUT2D eigenvalue weighted by Crippen LogP contribution is 2.40. The van der Waals surface area contributed by atoms with Crippen LogP contribution >= 0.6 is 11.3 Å². The quantitative estimate of drug-likeness (QED) is 0.854. The summed E-state index contributed by atoms with van der Waals surface area (Å²) in [6.07, 6.45) is 10.1. The second-order valence-electron chi connectivity index (χ2n) is 4.71. The average Bonchev–Trinajstić information content (AvgIpc) is 2.72. The van der Waals surface area contributed by atoms with Crippen molar-refractivity contribution in [3.05, 3.63) is 28.9 Å². The smallest absolute Gasteiger partial charge is 0.100 e. The van der Waals surface area contributed by atoms with Gasteiger partial charge in [-0.05, 0) is 38.0 Å². The molecule has 1 aromatic heterocycles. The van der Waals surface area contributed by atoms with Crippen LogP contribution in [-0.2, 0) is 5.60 Å². The van der Waals surface area contributed by atoms with Crippen LogP contribution in [0.2, 0.25) is 0 Å². The van der Waals surface area contributed by atoms with E-state index in [9.17, 15) is 5.11 Å². The first kappa shape index (κ1) is 10.3. The van der Waals surface area contributed by atoms with Crippen LogP contribution in [0.5, 0.6) is 0 Å². The lowest BCUT2D eigenvalue weighted by atomic mass is 9.80. The fourth-order valence-electron chi connectivity index (χ4n) is 2.60. The van der Waals surface area contributed by atoms with Gasteiger partial charge >= 0.3 is 0 Å². The number of thiazole rings is 1. The van der Waals surface area contributed by atoms with E-state index in [1.807, 2.05) is 6.20 Å². The van der Waals surface area contributed by atoms with Gasteiger partial charge in [-0.2, -0.15) is 0 Å². The molecule has 4 heteroatoms.